The number of carbonyl (C=O) groups excluding carboxylic acids is 1. The molecular formula is C12H16BrN3O. The molecule has 1 fully saturated rings. The first kappa shape index (κ1) is 12.5. The van der Waals surface area contributed by atoms with Gasteiger partial charge in [0.2, 0.25) is 5.91 Å². The lowest BCUT2D eigenvalue weighted by Crippen LogP contribution is -2.40. The van der Waals surface area contributed by atoms with Gasteiger partial charge in [-0.15, -0.1) is 0 Å². The summed E-state index contributed by atoms with van der Waals surface area (Å²) in [5, 5.41) is 6.20. The van der Waals surface area contributed by atoms with E-state index in [0.29, 0.717) is 11.9 Å². The van der Waals surface area contributed by atoms with Crippen LogP contribution in [0.15, 0.2) is 22.8 Å². The zero-order valence-corrected chi connectivity index (χ0v) is 11.3. The summed E-state index contributed by atoms with van der Waals surface area (Å²) in [4.78, 5) is 16.1. The molecule has 0 aromatic carbocycles. The minimum Gasteiger partial charge on any atom is -0.314 e. The van der Waals surface area contributed by atoms with Gasteiger partial charge in [0.1, 0.15) is 5.82 Å². The molecule has 0 radical (unpaired) electrons. The monoisotopic (exact) mass is 297 g/mol. The second kappa shape index (κ2) is 5.60. The highest BCUT2D eigenvalue weighted by Crippen LogP contribution is 2.18. The summed E-state index contributed by atoms with van der Waals surface area (Å²) < 4.78 is 0.908. The Bertz CT molecular complexity index is 393. The van der Waals surface area contributed by atoms with Crippen LogP contribution in [0.2, 0.25) is 0 Å². The molecule has 1 saturated heterocycles. The number of rotatable bonds is 2. The molecule has 2 atom stereocenters. The largest absolute Gasteiger partial charge is 0.314 e. The van der Waals surface area contributed by atoms with Gasteiger partial charge >= 0.3 is 0 Å². The van der Waals surface area contributed by atoms with E-state index in [1.54, 1.807) is 12.3 Å². The normalized spacial score (nSPS) is 24.4. The molecule has 92 valence electrons. The Hall–Kier alpha value is -0.940. The van der Waals surface area contributed by atoms with Gasteiger partial charge in [0.05, 0.1) is 0 Å². The van der Waals surface area contributed by atoms with Gasteiger partial charge in [-0.1, -0.05) is 0 Å². The number of nitrogens with one attached hydrogen (secondary N) is 2. The van der Waals surface area contributed by atoms with Gasteiger partial charge in [0.15, 0.2) is 0 Å². The third kappa shape index (κ3) is 3.51. The molecule has 2 unspecified atom stereocenters. The summed E-state index contributed by atoms with van der Waals surface area (Å²) in [6, 6.07) is 4.08. The lowest BCUT2D eigenvalue weighted by atomic mass is 9.92. The first-order valence-corrected chi connectivity index (χ1v) is 6.60. The molecule has 0 saturated carbocycles. The van der Waals surface area contributed by atoms with Gasteiger partial charge in [0.25, 0.3) is 0 Å². The second-order valence-electron chi connectivity index (χ2n) is 4.43. The summed E-state index contributed by atoms with van der Waals surface area (Å²) in [5.41, 5.74) is 0. The Morgan fingerprint density at radius 1 is 1.59 bits per heavy atom. The number of aromatic nitrogens is 1. The van der Waals surface area contributed by atoms with E-state index in [0.717, 1.165) is 23.9 Å². The van der Waals surface area contributed by atoms with Crippen molar-refractivity contribution in [2.24, 2.45) is 5.92 Å². The van der Waals surface area contributed by atoms with Gasteiger partial charge < -0.3 is 10.6 Å². The molecule has 1 aliphatic heterocycles. The smallest absolute Gasteiger partial charge is 0.228 e. The van der Waals surface area contributed by atoms with Crippen molar-refractivity contribution in [3.63, 3.8) is 0 Å². The number of halogens is 1. The summed E-state index contributed by atoms with van der Waals surface area (Å²) >= 11 is 3.31. The van der Waals surface area contributed by atoms with Crippen LogP contribution < -0.4 is 10.6 Å². The van der Waals surface area contributed by atoms with Crippen molar-refractivity contribution < 1.29 is 4.79 Å². The molecule has 4 nitrogen and oxygen atoms in total. The highest BCUT2D eigenvalue weighted by molar-refractivity contribution is 9.10. The molecule has 1 amide bonds. The van der Waals surface area contributed by atoms with Crippen molar-refractivity contribution in [2.75, 3.05) is 11.9 Å². The van der Waals surface area contributed by atoms with Crippen LogP contribution in [0.25, 0.3) is 0 Å². The van der Waals surface area contributed by atoms with Crippen molar-refractivity contribution in [1.82, 2.24) is 10.3 Å². The maximum atomic E-state index is 12.0. The van der Waals surface area contributed by atoms with Crippen molar-refractivity contribution in [1.29, 1.82) is 0 Å². The highest BCUT2D eigenvalue weighted by Gasteiger charge is 2.24. The summed E-state index contributed by atoms with van der Waals surface area (Å²) in [6.45, 7) is 3.02. The van der Waals surface area contributed by atoms with E-state index >= 15 is 0 Å². The summed E-state index contributed by atoms with van der Waals surface area (Å²) in [6.07, 6.45) is 3.47. The van der Waals surface area contributed by atoms with E-state index in [4.69, 9.17) is 0 Å². The number of anilines is 1. The fourth-order valence-electron chi connectivity index (χ4n) is 2.05. The second-order valence-corrected chi connectivity index (χ2v) is 5.34. The molecule has 2 heterocycles. The SMILES string of the molecule is CC1CC(C(=O)Nc2ccc(Br)cn2)CCN1. The topological polar surface area (TPSA) is 54.0 Å². The quantitative estimate of drug-likeness (QED) is 0.880. The van der Waals surface area contributed by atoms with Crippen LogP contribution in [0, 0.1) is 5.92 Å². The molecule has 1 aliphatic rings. The van der Waals surface area contributed by atoms with E-state index < -0.39 is 0 Å². The number of hydrogen-bond donors (Lipinski definition) is 2. The number of amides is 1. The number of nitrogens with zero attached hydrogens (tertiary/aromatic N) is 1. The van der Waals surface area contributed by atoms with Gasteiger partial charge in [0, 0.05) is 22.6 Å². The van der Waals surface area contributed by atoms with E-state index in [1.807, 2.05) is 6.07 Å². The molecular weight excluding hydrogens is 282 g/mol. The Kier molecular flexibility index (Phi) is 4.12. The predicted molar refractivity (Wildman–Crippen MR) is 70.8 cm³/mol. The lowest BCUT2D eigenvalue weighted by molar-refractivity contribution is -0.120. The highest BCUT2D eigenvalue weighted by atomic mass is 79.9. The third-order valence-electron chi connectivity index (χ3n) is 2.97. The fraction of sp³-hybridized carbons (Fsp3) is 0.500. The first-order chi connectivity index (χ1) is 8.15. The first-order valence-electron chi connectivity index (χ1n) is 5.81. The number of piperidine rings is 1. The molecule has 1 aromatic heterocycles. The van der Waals surface area contributed by atoms with Crippen LogP contribution in [0.3, 0.4) is 0 Å². The van der Waals surface area contributed by atoms with Crippen LogP contribution >= 0.6 is 15.9 Å². The third-order valence-corrected chi connectivity index (χ3v) is 3.44. The number of pyridine rings is 1. The minimum absolute atomic E-state index is 0.0770. The van der Waals surface area contributed by atoms with Crippen LogP contribution in [0.1, 0.15) is 19.8 Å². The molecule has 0 aliphatic carbocycles. The Morgan fingerprint density at radius 3 is 3.06 bits per heavy atom. The van der Waals surface area contributed by atoms with Crippen LogP contribution in [0.4, 0.5) is 5.82 Å². The molecule has 1 aromatic rings. The number of hydrogen-bond acceptors (Lipinski definition) is 3. The van der Waals surface area contributed by atoms with E-state index in [9.17, 15) is 4.79 Å². The Balaban J connectivity index is 1.94. The zero-order valence-electron chi connectivity index (χ0n) is 9.74. The van der Waals surface area contributed by atoms with Crippen LogP contribution in [-0.4, -0.2) is 23.5 Å². The lowest BCUT2D eigenvalue weighted by Gasteiger charge is -2.26. The molecule has 2 N–H and O–H groups in total. The Morgan fingerprint density at radius 2 is 2.41 bits per heavy atom. The van der Waals surface area contributed by atoms with E-state index in [1.165, 1.54) is 0 Å². The number of carbonyl (C=O) groups is 1. The molecule has 17 heavy (non-hydrogen) atoms. The van der Waals surface area contributed by atoms with Crippen LogP contribution in [0.5, 0.6) is 0 Å². The van der Waals surface area contributed by atoms with Gasteiger partial charge in [-0.2, -0.15) is 0 Å². The minimum atomic E-state index is 0.0770. The maximum Gasteiger partial charge on any atom is 0.228 e. The fourth-order valence-corrected chi connectivity index (χ4v) is 2.28. The molecule has 0 spiro atoms. The maximum absolute atomic E-state index is 12.0. The van der Waals surface area contributed by atoms with E-state index in [-0.39, 0.29) is 11.8 Å². The standard InChI is InChI=1S/C12H16BrN3O/c1-8-6-9(4-5-14-8)12(17)16-11-3-2-10(13)7-15-11/h2-3,7-9,14H,4-6H2,1H3,(H,15,16,17). The summed E-state index contributed by atoms with van der Waals surface area (Å²) in [7, 11) is 0. The van der Waals surface area contributed by atoms with Crippen LogP contribution in [-0.2, 0) is 4.79 Å². The molecule has 0 bridgehead atoms. The predicted octanol–water partition coefficient (Wildman–Crippen LogP) is 2.17. The van der Waals surface area contributed by atoms with Crippen molar-refractivity contribution in [3.8, 4) is 0 Å². The average molecular weight is 298 g/mol. The van der Waals surface area contributed by atoms with Crippen molar-refractivity contribution >= 4 is 27.7 Å². The van der Waals surface area contributed by atoms with E-state index in [2.05, 4.69) is 38.5 Å². The zero-order chi connectivity index (χ0) is 12.3. The van der Waals surface area contributed by atoms with Crippen molar-refractivity contribution in [3.05, 3.63) is 22.8 Å². The molecule has 5 heteroatoms. The summed E-state index contributed by atoms with van der Waals surface area (Å²) in [5.74, 6) is 0.786. The van der Waals surface area contributed by atoms with Gasteiger partial charge in [-0.25, -0.2) is 4.98 Å². The van der Waals surface area contributed by atoms with Crippen molar-refractivity contribution in [2.45, 2.75) is 25.8 Å². The van der Waals surface area contributed by atoms with Gasteiger partial charge in [-0.05, 0) is 54.4 Å². The average Bonchev–Trinajstić information content (AvgIpc) is 2.32. The molecule has 2 rings (SSSR count). The van der Waals surface area contributed by atoms with Gasteiger partial charge in [-0.3, -0.25) is 4.79 Å². The Labute approximate surface area is 109 Å².